The molecule has 25 heavy (non-hydrogen) atoms. The SMILES string of the molecule is O=C1Cc2cnc(NCCCN3CCCC3)nc2-c2ccccc2N1. The van der Waals surface area contributed by atoms with Crippen LogP contribution in [0.15, 0.2) is 30.5 Å². The topological polar surface area (TPSA) is 70.2 Å². The molecule has 4 rings (SSSR count). The number of carbonyl (C=O) groups is 1. The van der Waals surface area contributed by atoms with Gasteiger partial charge in [-0.2, -0.15) is 0 Å². The monoisotopic (exact) mass is 337 g/mol. The highest BCUT2D eigenvalue weighted by atomic mass is 16.1. The Bertz CT molecular complexity index is 770. The summed E-state index contributed by atoms with van der Waals surface area (Å²) in [5.74, 6) is 0.602. The average molecular weight is 337 g/mol. The minimum Gasteiger partial charge on any atom is -0.354 e. The Kier molecular flexibility index (Phi) is 4.61. The molecule has 0 spiro atoms. The van der Waals surface area contributed by atoms with Crippen molar-refractivity contribution in [1.82, 2.24) is 14.9 Å². The molecule has 1 saturated heterocycles. The smallest absolute Gasteiger partial charge is 0.228 e. The lowest BCUT2D eigenvalue weighted by atomic mass is 10.1. The van der Waals surface area contributed by atoms with Gasteiger partial charge in [0.15, 0.2) is 0 Å². The van der Waals surface area contributed by atoms with Crippen molar-refractivity contribution in [3.63, 3.8) is 0 Å². The second kappa shape index (κ2) is 7.19. The molecule has 2 N–H and O–H groups in total. The van der Waals surface area contributed by atoms with E-state index in [1.165, 1.54) is 25.9 Å². The summed E-state index contributed by atoms with van der Waals surface area (Å²) in [4.78, 5) is 23.6. The van der Waals surface area contributed by atoms with Crippen LogP contribution in [0, 0.1) is 0 Å². The van der Waals surface area contributed by atoms with Crippen molar-refractivity contribution in [3.05, 3.63) is 36.0 Å². The van der Waals surface area contributed by atoms with E-state index in [9.17, 15) is 4.79 Å². The van der Waals surface area contributed by atoms with Gasteiger partial charge in [0.1, 0.15) is 0 Å². The van der Waals surface area contributed by atoms with Gasteiger partial charge in [0, 0.05) is 23.9 Å². The normalized spacial score (nSPS) is 16.7. The van der Waals surface area contributed by atoms with E-state index in [0.717, 1.165) is 42.0 Å². The number of hydrogen-bond donors (Lipinski definition) is 2. The zero-order valence-electron chi connectivity index (χ0n) is 14.3. The highest BCUT2D eigenvalue weighted by molar-refractivity contribution is 5.99. The van der Waals surface area contributed by atoms with Gasteiger partial charge in [-0.05, 0) is 45.0 Å². The lowest BCUT2D eigenvalue weighted by Gasteiger charge is -2.14. The zero-order chi connectivity index (χ0) is 17.1. The molecule has 2 aliphatic rings. The number of fused-ring (bicyclic) bond motifs is 3. The van der Waals surface area contributed by atoms with Crippen LogP contribution in [-0.2, 0) is 11.2 Å². The van der Waals surface area contributed by atoms with Crippen LogP contribution in [0.4, 0.5) is 11.6 Å². The standard InChI is InChI=1S/C19H23N5O/c25-17-12-14-13-21-19(20-8-5-11-24-9-3-4-10-24)23-18(14)15-6-1-2-7-16(15)22-17/h1-2,6-7,13H,3-5,8-12H2,(H,22,25)(H,20,21,23). The van der Waals surface area contributed by atoms with Crippen LogP contribution in [0.2, 0.25) is 0 Å². The molecule has 0 aliphatic carbocycles. The number of aromatic nitrogens is 2. The van der Waals surface area contributed by atoms with E-state index >= 15 is 0 Å². The maximum Gasteiger partial charge on any atom is 0.228 e. The molecular weight excluding hydrogens is 314 g/mol. The number of rotatable bonds is 5. The molecule has 0 saturated carbocycles. The van der Waals surface area contributed by atoms with Crippen LogP contribution in [0.5, 0.6) is 0 Å². The van der Waals surface area contributed by atoms with Crippen molar-refractivity contribution in [3.8, 4) is 11.3 Å². The Morgan fingerprint density at radius 2 is 2.04 bits per heavy atom. The first-order chi connectivity index (χ1) is 12.3. The molecule has 1 aromatic heterocycles. The number of para-hydroxylation sites is 1. The minimum atomic E-state index is -0.0267. The maximum atomic E-state index is 12.0. The summed E-state index contributed by atoms with van der Waals surface area (Å²) in [7, 11) is 0. The number of hydrogen-bond acceptors (Lipinski definition) is 5. The fourth-order valence-electron chi connectivity index (χ4n) is 3.53. The van der Waals surface area contributed by atoms with Crippen molar-refractivity contribution < 1.29 is 4.79 Å². The first kappa shape index (κ1) is 16.0. The third-order valence-corrected chi connectivity index (χ3v) is 4.80. The van der Waals surface area contributed by atoms with Gasteiger partial charge in [-0.1, -0.05) is 18.2 Å². The highest BCUT2D eigenvalue weighted by Crippen LogP contribution is 2.32. The molecule has 1 fully saturated rings. The van der Waals surface area contributed by atoms with E-state index in [2.05, 4.69) is 20.5 Å². The summed E-state index contributed by atoms with van der Waals surface area (Å²) in [5, 5.41) is 6.27. The second-order valence-corrected chi connectivity index (χ2v) is 6.67. The van der Waals surface area contributed by atoms with Crippen LogP contribution in [0.1, 0.15) is 24.8 Å². The van der Waals surface area contributed by atoms with Crippen LogP contribution in [-0.4, -0.2) is 47.0 Å². The Morgan fingerprint density at radius 1 is 1.20 bits per heavy atom. The number of anilines is 2. The summed E-state index contributed by atoms with van der Waals surface area (Å²) in [6.45, 7) is 4.44. The fraction of sp³-hybridized carbons (Fsp3) is 0.421. The first-order valence-electron chi connectivity index (χ1n) is 9.01. The number of carbonyl (C=O) groups excluding carboxylic acids is 1. The summed E-state index contributed by atoms with van der Waals surface area (Å²) in [5.41, 5.74) is 3.46. The largest absolute Gasteiger partial charge is 0.354 e. The van der Waals surface area contributed by atoms with E-state index in [1.54, 1.807) is 6.20 Å². The zero-order valence-corrected chi connectivity index (χ0v) is 14.3. The third kappa shape index (κ3) is 3.64. The Balaban J connectivity index is 1.47. The van der Waals surface area contributed by atoms with Crippen molar-refractivity contribution in [2.75, 3.05) is 36.8 Å². The molecule has 3 heterocycles. The third-order valence-electron chi connectivity index (χ3n) is 4.80. The Labute approximate surface area is 147 Å². The predicted molar refractivity (Wildman–Crippen MR) is 98.6 cm³/mol. The van der Waals surface area contributed by atoms with Crippen molar-refractivity contribution in [1.29, 1.82) is 0 Å². The molecule has 2 aliphatic heterocycles. The molecule has 1 aromatic carbocycles. The van der Waals surface area contributed by atoms with Crippen LogP contribution < -0.4 is 10.6 Å². The van der Waals surface area contributed by atoms with Gasteiger partial charge in [0.05, 0.1) is 17.8 Å². The van der Waals surface area contributed by atoms with Crippen LogP contribution >= 0.6 is 0 Å². The molecule has 6 nitrogen and oxygen atoms in total. The van der Waals surface area contributed by atoms with E-state index in [0.29, 0.717) is 12.4 Å². The quantitative estimate of drug-likeness (QED) is 0.821. The van der Waals surface area contributed by atoms with E-state index in [-0.39, 0.29) is 5.91 Å². The number of amides is 1. The van der Waals surface area contributed by atoms with Gasteiger partial charge in [0.2, 0.25) is 11.9 Å². The van der Waals surface area contributed by atoms with Crippen molar-refractivity contribution in [2.45, 2.75) is 25.7 Å². The number of benzene rings is 1. The number of nitrogens with zero attached hydrogens (tertiary/aromatic N) is 3. The molecular formula is C19H23N5O. The minimum absolute atomic E-state index is 0.0267. The van der Waals surface area contributed by atoms with Crippen molar-refractivity contribution >= 4 is 17.5 Å². The van der Waals surface area contributed by atoms with E-state index in [4.69, 9.17) is 4.98 Å². The lowest BCUT2D eigenvalue weighted by molar-refractivity contribution is -0.115. The maximum absolute atomic E-state index is 12.0. The Hall–Kier alpha value is -2.47. The number of likely N-dealkylation sites (tertiary alicyclic amines) is 1. The summed E-state index contributed by atoms with van der Waals surface area (Å²) in [6.07, 6.45) is 5.81. The van der Waals surface area contributed by atoms with Gasteiger partial charge < -0.3 is 15.5 Å². The molecule has 2 aromatic rings. The van der Waals surface area contributed by atoms with E-state index < -0.39 is 0 Å². The van der Waals surface area contributed by atoms with Gasteiger partial charge in [-0.25, -0.2) is 9.97 Å². The molecule has 1 amide bonds. The average Bonchev–Trinajstić information content (AvgIpc) is 3.09. The number of nitrogens with one attached hydrogen (secondary N) is 2. The Morgan fingerprint density at radius 3 is 2.92 bits per heavy atom. The summed E-state index contributed by atoms with van der Waals surface area (Å²) >= 11 is 0. The van der Waals surface area contributed by atoms with Crippen LogP contribution in [0.3, 0.4) is 0 Å². The predicted octanol–water partition coefficient (Wildman–Crippen LogP) is 2.54. The molecule has 0 atom stereocenters. The van der Waals surface area contributed by atoms with Crippen LogP contribution in [0.25, 0.3) is 11.3 Å². The first-order valence-corrected chi connectivity index (χ1v) is 9.01. The van der Waals surface area contributed by atoms with Gasteiger partial charge in [-0.3, -0.25) is 4.79 Å². The molecule has 0 radical (unpaired) electrons. The highest BCUT2D eigenvalue weighted by Gasteiger charge is 2.20. The fourth-order valence-corrected chi connectivity index (χ4v) is 3.53. The van der Waals surface area contributed by atoms with Gasteiger partial charge in [-0.15, -0.1) is 0 Å². The molecule has 130 valence electrons. The van der Waals surface area contributed by atoms with Gasteiger partial charge >= 0.3 is 0 Å². The molecule has 6 heteroatoms. The molecule has 0 bridgehead atoms. The van der Waals surface area contributed by atoms with Gasteiger partial charge in [0.25, 0.3) is 0 Å². The summed E-state index contributed by atoms with van der Waals surface area (Å²) in [6, 6.07) is 7.78. The second-order valence-electron chi connectivity index (χ2n) is 6.67. The van der Waals surface area contributed by atoms with E-state index in [1.807, 2.05) is 24.3 Å². The van der Waals surface area contributed by atoms with Crippen molar-refractivity contribution in [2.24, 2.45) is 0 Å². The lowest BCUT2D eigenvalue weighted by Crippen LogP contribution is -2.22. The molecule has 0 unspecified atom stereocenters. The summed E-state index contributed by atoms with van der Waals surface area (Å²) < 4.78 is 0.